The normalized spacial score (nSPS) is 11.2. The summed E-state index contributed by atoms with van der Waals surface area (Å²) in [7, 11) is 1.67. The van der Waals surface area contributed by atoms with Crippen LogP contribution in [0.4, 0.5) is 5.13 Å². The Kier molecular flexibility index (Phi) is 5.77. The molecular weight excluding hydrogens is 436 g/mol. The number of hydrogen-bond acceptors (Lipinski definition) is 7. The number of hydrogen-bond donors (Lipinski definition) is 1. The largest absolute Gasteiger partial charge is 0.301 e. The molecule has 0 aliphatic carbocycles. The van der Waals surface area contributed by atoms with Gasteiger partial charge in [-0.15, -0.1) is 22.7 Å². The first-order valence-corrected chi connectivity index (χ1v) is 12.0. The van der Waals surface area contributed by atoms with Crippen molar-refractivity contribution in [2.24, 2.45) is 7.05 Å². The Balaban J connectivity index is 1.45. The van der Waals surface area contributed by atoms with E-state index in [1.54, 1.807) is 13.1 Å². The lowest BCUT2D eigenvalue weighted by molar-refractivity contribution is -0.113. The average Bonchev–Trinajstić information content (AvgIpc) is 3.36. The number of thiophene rings is 1. The number of fused-ring (bicyclic) bond motifs is 1. The van der Waals surface area contributed by atoms with Gasteiger partial charge in [0, 0.05) is 18.0 Å². The average molecular weight is 457 g/mol. The van der Waals surface area contributed by atoms with E-state index >= 15 is 0 Å². The topological polar surface area (TPSA) is 76.9 Å². The van der Waals surface area contributed by atoms with Crippen molar-refractivity contribution in [1.29, 1.82) is 0 Å². The SMILES string of the molecule is Cc1cc(C)c(-c2csc(NC(=O)CSc3nc4sccc4c(=O)n3C)n2)cc1C. The summed E-state index contributed by atoms with van der Waals surface area (Å²) in [6.07, 6.45) is 0. The van der Waals surface area contributed by atoms with E-state index < -0.39 is 0 Å². The first-order valence-electron chi connectivity index (χ1n) is 9.24. The van der Waals surface area contributed by atoms with Crippen molar-refractivity contribution in [2.45, 2.75) is 25.9 Å². The van der Waals surface area contributed by atoms with Crippen LogP contribution in [0.15, 0.2) is 38.9 Å². The number of anilines is 1. The van der Waals surface area contributed by atoms with Gasteiger partial charge in [0.2, 0.25) is 5.91 Å². The lowest BCUT2D eigenvalue weighted by Crippen LogP contribution is -2.20. The molecule has 0 spiro atoms. The molecule has 3 aromatic heterocycles. The summed E-state index contributed by atoms with van der Waals surface area (Å²) in [5.74, 6) is -0.0346. The molecule has 4 rings (SSSR count). The number of benzene rings is 1. The zero-order valence-corrected chi connectivity index (χ0v) is 19.4. The third-order valence-electron chi connectivity index (χ3n) is 4.86. The molecule has 154 valence electrons. The van der Waals surface area contributed by atoms with Crippen LogP contribution in [-0.4, -0.2) is 26.2 Å². The summed E-state index contributed by atoms with van der Waals surface area (Å²) in [6, 6.07) is 6.06. The summed E-state index contributed by atoms with van der Waals surface area (Å²) in [5, 5.41) is 8.34. The number of amides is 1. The van der Waals surface area contributed by atoms with Crippen LogP contribution in [0, 0.1) is 20.8 Å². The van der Waals surface area contributed by atoms with E-state index in [0.29, 0.717) is 20.5 Å². The minimum Gasteiger partial charge on any atom is -0.301 e. The molecule has 0 saturated heterocycles. The molecular formula is C21H20N4O2S3. The minimum atomic E-state index is -0.182. The predicted octanol–water partition coefficient (Wildman–Crippen LogP) is 4.77. The third-order valence-corrected chi connectivity index (χ3v) is 7.46. The van der Waals surface area contributed by atoms with Crippen molar-refractivity contribution in [3.8, 4) is 11.3 Å². The van der Waals surface area contributed by atoms with Crippen LogP contribution in [0.5, 0.6) is 0 Å². The number of nitrogens with one attached hydrogen (secondary N) is 1. The Morgan fingerprint density at radius 3 is 2.70 bits per heavy atom. The maximum Gasteiger partial charge on any atom is 0.262 e. The highest BCUT2D eigenvalue weighted by atomic mass is 32.2. The van der Waals surface area contributed by atoms with Crippen LogP contribution in [0.2, 0.25) is 0 Å². The van der Waals surface area contributed by atoms with E-state index in [1.165, 1.54) is 50.1 Å². The highest BCUT2D eigenvalue weighted by molar-refractivity contribution is 7.99. The van der Waals surface area contributed by atoms with Crippen LogP contribution in [0.1, 0.15) is 16.7 Å². The van der Waals surface area contributed by atoms with Crippen molar-refractivity contribution < 1.29 is 4.79 Å². The molecule has 0 aliphatic rings. The van der Waals surface area contributed by atoms with Crippen LogP contribution >= 0.6 is 34.4 Å². The van der Waals surface area contributed by atoms with Gasteiger partial charge in [0.05, 0.1) is 16.8 Å². The predicted molar refractivity (Wildman–Crippen MR) is 126 cm³/mol. The number of aryl methyl sites for hydroxylation is 3. The second-order valence-corrected chi connectivity index (χ2v) is 9.72. The van der Waals surface area contributed by atoms with Gasteiger partial charge in [-0.1, -0.05) is 17.8 Å². The number of thioether (sulfide) groups is 1. The number of nitrogens with zero attached hydrogens (tertiary/aromatic N) is 3. The van der Waals surface area contributed by atoms with Gasteiger partial charge in [0.25, 0.3) is 5.56 Å². The standard InChI is InChI=1S/C21H20N4O2S3/c1-11-7-13(3)15(8-12(11)2)16-9-29-20(22-16)23-17(26)10-30-21-24-18-14(5-6-28-18)19(27)25(21)4/h5-9H,10H2,1-4H3,(H,22,23,26). The Labute approximate surface area is 186 Å². The molecule has 0 saturated carbocycles. The minimum absolute atomic E-state index is 0.0996. The first kappa shape index (κ1) is 20.8. The summed E-state index contributed by atoms with van der Waals surface area (Å²) in [6.45, 7) is 6.24. The molecule has 6 nitrogen and oxygen atoms in total. The van der Waals surface area contributed by atoms with E-state index in [0.717, 1.165) is 16.8 Å². The van der Waals surface area contributed by atoms with Gasteiger partial charge in [-0.05, 0) is 55.0 Å². The Morgan fingerprint density at radius 2 is 1.90 bits per heavy atom. The third kappa shape index (κ3) is 4.05. The number of carbonyl (C=O) groups is 1. The summed E-state index contributed by atoms with van der Waals surface area (Å²) in [5.41, 5.74) is 5.46. The van der Waals surface area contributed by atoms with Gasteiger partial charge < -0.3 is 5.32 Å². The fourth-order valence-corrected chi connectivity index (χ4v) is 5.39. The van der Waals surface area contributed by atoms with Gasteiger partial charge in [0.15, 0.2) is 10.3 Å². The second kappa shape index (κ2) is 8.33. The van der Waals surface area contributed by atoms with E-state index in [4.69, 9.17) is 0 Å². The summed E-state index contributed by atoms with van der Waals surface area (Å²) < 4.78 is 1.48. The molecule has 3 heterocycles. The second-order valence-electron chi connectivity index (χ2n) is 7.02. The zero-order valence-electron chi connectivity index (χ0n) is 17.0. The van der Waals surface area contributed by atoms with Crippen LogP contribution in [0.25, 0.3) is 21.5 Å². The van der Waals surface area contributed by atoms with Gasteiger partial charge in [-0.3, -0.25) is 14.2 Å². The molecule has 0 aliphatic heterocycles. The van der Waals surface area contributed by atoms with E-state index in [9.17, 15) is 9.59 Å². The highest BCUT2D eigenvalue weighted by Gasteiger charge is 2.14. The van der Waals surface area contributed by atoms with Crippen molar-refractivity contribution in [2.75, 3.05) is 11.1 Å². The quantitative estimate of drug-likeness (QED) is 0.346. The molecule has 0 fully saturated rings. The number of thiazole rings is 1. The molecule has 1 amide bonds. The molecule has 0 atom stereocenters. The maximum atomic E-state index is 12.4. The fraction of sp³-hybridized carbons (Fsp3) is 0.238. The lowest BCUT2D eigenvalue weighted by Gasteiger charge is -2.08. The smallest absolute Gasteiger partial charge is 0.262 e. The van der Waals surface area contributed by atoms with Crippen molar-refractivity contribution in [1.82, 2.24) is 14.5 Å². The van der Waals surface area contributed by atoms with Crippen LogP contribution in [0.3, 0.4) is 0 Å². The molecule has 1 aromatic carbocycles. The number of carbonyl (C=O) groups excluding carboxylic acids is 1. The first-order chi connectivity index (χ1) is 14.3. The van der Waals surface area contributed by atoms with Gasteiger partial charge in [-0.2, -0.15) is 0 Å². The molecule has 4 aromatic rings. The van der Waals surface area contributed by atoms with Gasteiger partial charge >= 0.3 is 0 Å². The van der Waals surface area contributed by atoms with Crippen molar-refractivity contribution in [3.63, 3.8) is 0 Å². The van der Waals surface area contributed by atoms with Crippen molar-refractivity contribution >= 4 is 55.7 Å². The fourth-order valence-electron chi connectivity index (χ4n) is 3.09. The van der Waals surface area contributed by atoms with Crippen LogP contribution < -0.4 is 10.9 Å². The van der Waals surface area contributed by atoms with E-state index in [1.807, 2.05) is 10.8 Å². The number of rotatable bonds is 5. The molecule has 1 N–H and O–H groups in total. The van der Waals surface area contributed by atoms with Crippen LogP contribution in [-0.2, 0) is 11.8 Å². The number of aromatic nitrogens is 3. The molecule has 0 radical (unpaired) electrons. The van der Waals surface area contributed by atoms with E-state index in [2.05, 4.69) is 48.2 Å². The van der Waals surface area contributed by atoms with E-state index in [-0.39, 0.29) is 17.2 Å². The highest BCUT2D eigenvalue weighted by Crippen LogP contribution is 2.29. The summed E-state index contributed by atoms with van der Waals surface area (Å²) in [4.78, 5) is 34.6. The zero-order chi connectivity index (χ0) is 21.4. The van der Waals surface area contributed by atoms with Gasteiger partial charge in [-0.25, -0.2) is 9.97 Å². The maximum absolute atomic E-state index is 12.4. The summed E-state index contributed by atoms with van der Waals surface area (Å²) >= 11 is 4.06. The molecule has 30 heavy (non-hydrogen) atoms. The molecule has 9 heteroatoms. The van der Waals surface area contributed by atoms with Crippen molar-refractivity contribution in [3.05, 3.63) is 56.0 Å². The monoisotopic (exact) mass is 456 g/mol. The van der Waals surface area contributed by atoms with Gasteiger partial charge in [0.1, 0.15) is 4.83 Å². The Hall–Kier alpha value is -2.49. The Bertz CT molecular complexity index is 1320. The Morgan fingerprint density at radius 1 is 1.13 bits per heavy atom. The lowest BCUT2D eigenvalue weighted by atomic mass is 9.99. The molecule has 0 bridgehead atoms. The molecule has 0 unspecified atom stereocenters.